The van der Waals surface area contributed by atoms with Gasteiger partial charge >= 0.3 is 0 Å². The smallest absolute Gasteiger partial charge is 0.262 e. The molecule has 0 saturated carbocycles. The summed E-state index contributed by atoms with van der Waals surface area (Å²) in [5.74, 6) is 0.568. The van der Waals surface area contributed by atoms with Gasteiger partial charge in [-0.25, -0.2) is 0 Å². The van der Waals surface area contributed by atoms with Gasteiger partial charge < -0.3 is 15.0 Å². The summed E-state index contributed by atoms with van der Waals surface area (Å²) < 4.78 is 5.70. The first-order chi connectivity index (χ1) is 13.5. The summed E-state index contributed by atoms with van der Waals surface area (Å²) in [7, 11) is 0. The number of benzene rings is 3. The number of fused-ring (bicyclic) bond motifs is 3. The van der Waals surface area contributed by atoms with Crippen LogP contribution in [0, 0.1) is 13.8 Å². The number of hydrogen-bond acceptors (Lipinski definition) is 2. The van der Waals surface area contributed by atoms with E-state index < -0.39 is 0 Å². The molecular weight excluding hydrogens is 348 g/mol. The molecule has 0 aliphatic carbocycles. The molecule has 0 spiro atoms. The van der Waals surface area contributed by atoms with Crippen LogP contribution in [0.3, 0.4) is 0 Å². The lowest BCUT2D eigenvalue weighted by molar-refractivity contribution is -0.118. The van der Waals surface area contributed by atoms with Crippen LogP contribution in [0.25, 0.3) is 21.8 Å². The Morgan fingerprint density at radius 3 is 2.71 bits per heavy atom. The Hall–Kier alpha value is -3.27. The zero-order valence-electron chi connectivity index (χ0n) is 16.4. The number of hydrogen-bond donors (Lipinski definition) is 2. The van der Waals surface area contributed by atoms with E-state index in [2.05, 4.69) is 41.5 Å². The van der Waals surface area contributed by atoms with Gasteiger partial charge in [0.25, 0.3) is 5.91 Å². The Bertz CT molecular complexity index is 1170. The highest BCUT2D eigenvalue weighted by Gasteiger charge is 2.10. The molecule has 3 aromatic carbocycles. The molecule has 0 aliphatic rings. The molecule has 1 amide bonds. The Morgan fingerprint density at radius 2 is 1.89 bits per heavy atom. The van der Waals surface area contributed by atoms with Crippen molar-refractivity contribution in [2.75, 3.05) is 11.9 Å². The molecule has 4 nitrogen and oxygen atoms in total. The van der Waals surface area contributed by atoms with Crippen LogP contribution in [0.1, 0.15) is 23.6 Å². The van der Waals surface area contributed by atoms with Crippen LogP contribution in [0.15, 0.2) is 54.6 Å². The Kier molecular flexibility index (Phi) is 4.78. The van der Waals surface area contributed by atoms with Crippen molar-refractivity contribution in [2.45, 2.75) is 27.2 Å². The van der Waals surface area contributed by atoms with Crippen LogP contribution in [-0.2, 0) is 11.2 Å². The molecule has 4 aromatic rings. The third kappa shape index (κ3) is 3.46. The van der Waals surface area contributed by atoms with Crippen LogP contribution < -0.4 is 10.1 Å². The fourth-order valence-corrected chi connectivity index (χ4v) is 3.56. The van der Waals surface area contributed by atoms with E-state index in [9.17, 15) is 4.79 Å². The van der Waals surface area contributed by atoms with Crippen molar-refractivity contribution >= 4 is 33.4 Å². The van der Waals surface area contributed by atoms with Gasteiger partial charge in [0.15, 0.2) is 6.61 Å². The van der Waals surface area contributed by atoms with Crippen molar-refractivity contribution in [1.29, 1.82) is 0 Å². The van der Waals surface area contributed by atoms with Crippen molar-refractivity contribution in [2.24, 2.45) is 0 Å². The Morgan fingerprint density at radius 1 is 1.04 bits per heavy atom. The maximum absolute atomic E-state index is 12.3. The topological polar surface area (TPSA) is 54.1 Å². The van der Waals surface area contributed by atoms with E-state index in [1.165, 1.54) is 16.5 Å². The lowest BCUT2D eigenvalue weighted by Gasteiger charge is -2.10. The number of para-hydroxylation sites is 1. The second kappa shape index (κ2) is 7.39. The largest absolute Gasteiger partial charge is 0.483 e. The number of anilines is 1. The highest BCUT2D eigenvalue weighted by molar-refractivity contribution is 6.09. The Balaban J connectivity index is 1.52. The first kappa shape index (κ1) is 18.1. The molecule has 0 saturated heterocycles. The molecular formula is C24H24N2O2. The minimum atomic E-state index is -0.175. The van der Waals surface area contributed by atoms with Crippen molar-refractivity contribution in [1.82, 2.24) is 4.98 Å². The molecule has 1 heterocycles. The molecule has 142 valence electrons. The van der Waals surface area contributed by atoms with Crippen LogP contribution in [-0.4, -0.2) is 17.5 Å². The summed E-state index contributed by atoms with van der Waals surface area (Å²) in [5.41, 5.74) is 6.36. The summed E-state index contributed by atoms with van der Waals surface area (Å²) in [6.07, 6.45) is 0.976. The highest BCUT2D eigenvalue weighted by Crippen LogP contribution is 2.29. The minimum Gasteiger partial charge on any atom is -0.483 e. The van der Waals surface area contributed by atoms with Crippen LogP contribution >= 0.6 is 0 Å². The minimum absolute atomic E-state index is 0.0188. The number of ether oxygens (including phenoxy) is 1. The predicted octanol–water partition coefficient (Wildman–Crippen LogP) is 5.52. The first-order valence-electron chi connectivity index (χ1n) is 9.58. The lowest BCUT2D eigenvalue weighted by atomic mass is 10.1. The molecule has 0 atom stereocenters. The molecule has 0 radical (unpaired) electrons. The number of aryl methyl sites for hydroxylation is 3. The maximum atomic E-state index is 12.3. The van der Waals surface area contributed by atoms with Gasteiger partial charge in [0.05, 0.1) is 0 Å². The second-order valence-corrected chi connectivity index (χ2v) is 7.18. The maximum Gasteiger partial charge on any atom is 0.262 e. The van der Waals surface area contributed by atoms with E-state index in [0.29, 0.717) is 0 Å². The molecule has 0 fully saturated rings. The van der Waals surface area contributed by atoms with E-state index in [0.717, 1.165) is 39.9 Å². The highest BCUT2D eigenvalue weighted by atomic mass is 16.5. The summed E-state index contributed by atoms with van der Waals surface area (Å²) in [6.45, 7) is 6.11. The van der Waals surface area contributed by atoms with E-state index in [4.69, 9.17) is 4.74 Å². The van der Waals surface area contributed by atoms with Gasteiger partial charge in [-0.15, -0.1) is 0 Å². The molecule has 4 heteroatoms. The summed E-state index contributed by atoms with van der Waals surface area (Å²) in [5, 5.41) is 5.30. The van der Waals surface area contributed by atoms with E-state index >= 15 is 0 Å². The van der Waals surface area contributed by atoms with Crippen molar-refractivity contribution < 1.29 is 9.53 Å². The zero-order valence-corrected chi connectivity index (χ0v) is 16.4. The molecule has 1 aromatic heterocycles. The van der Waals surface area contributed by atoms with E-state index in [1.54, 1.807) is 0 Å². The number of carbonyl (C=O) groups excluding carboxylic acids is 1. The molecule has 2 N–H and O–H groups in total. The predicted molar refractivity (Wildman–Crippen MR) is 115 cm³/mol. The standard InChI is InChI=1S/C24H24N2O2/c1-4-17-6-5-7-20-19-11-10-18(13-21(19)26-24(17)20)25-23(27)14-28-22-12-15(2)8-9-16(22)3/h5-13,26H,4,14H2,1-3H3,(H,25,27). The molecule has 4 rings (SSSR count). The van der Waals surface area contributed by atoms with Gasteiger partial charge in [-0.05, 0) is 55.2 Å². The zero-order chi connectivity index (χ0) is 19.7. The third-order valence-corrected chi connectivity index (χ3v) is 5.09. The van der Waals surface area contributed by atoms with Crippen LogP contribution in [0.2, 0.25) is 0 Å². The lowest BCUT2D eigenvalue weighted by Crippen LogP contribution is -2.20. The molecule has 0 unspecified atom stereocenters. The van der Waals surface area contributed by atoms with Gasteiger partial charge in [0, 0.05) is 27.5 Å². The van der Waals surface area contributed by atoms with Crippen molar-refractivity contribution in [3.8, 4) is 5.75 Å². The molecule has 28 heavy (non-hydrogen) atoms. The second-order valence-electron chi connectivity index (χ2n) is 7.18. The number of amides is 1. The van der Waals surface area contributed by atoms with Gasteiger partial charge in [-0.2, -0.15) is 0 Å². The van der Waals surface area contributed by atoms with Gasteiger partial charge in [-0.1, -0.05) is 43.3 Å². The van der Waals surface area contributed by atoms with E-state index in [-0.39, 0.29) is 12.5 Å². The van der Waals surface area contributed by atoms with Gasteiger partial charge in [-0.3, -0.25) is 4.79 Å². The average molecular weight is 372 g/mol. The monoisotopic (exact) mass is 372 g/mol. The average Bonchev–Trinajstić information content (AvgIpc) is 3.06. The number of rotatable bonds is 5. The van der Waals surface area contributed by atoms with Gasteiger partial charge in [0.2, 0.25) is 0 Å². The SMILES string of the molecule is CCc1cccc2c1[nH]c1cc(NC(=O)COc3cc(C)ccc3C)ccc12. The van der Waals surface area contributed by atoms with Crippen LogP contribution in [0.4, 0.5) is 5.69 Å². The van der Waals surface area contributed by atoms with Crippen molar-refractivity contribution in [3.63, 3.8) is 0 Å². The van der Waals surface area contributed by atoms with Crippen LogP contribution in [0.5, 0.6) is 5.75 Å². The fourth-order valence-electron chi connectivity index (χ4n) is 3.56. The third-order valence-electron chi connectivity index (χ3n) is 5.09. The summed E-state index contributed by atoms with van der Waals surface area (Å²) in [6, 6.07) is 18.3. The fraction of sp³-hybridized carbons (Fsp3) is 0.208. The molecule has 0 aliphatic heterocycles. The summed E-state index contributed by atoms with van der Waals surface area (Å²) in [4.78, 5) is 15.8. The number of aromatic nitrogens is 1. The number of nitrogens with one attached hydrogen (secondary N) is 2. The number of H-pyrrole nitrogens is 1. The Labute approximate surface area is 164 Å². The normalized spacial score (nSPS) is 11.1. The van der Waals surface area contributed by atoms with E-state index in [1.807, 2.05) is 44.2 Å². The van der Waals surface area contributed by atoms with Crippen molar-refractivity contribution in [3.05, 3.63) is 71.3 Å². The molecule has 0 bridgehead atoms. The first-order valence-corrected chi connectivity index (χ1v) is 9.58. The number of aromatic amines is 1. The quantitative estimate of drug-likeness (QED) is 0.485. The number of carbonyl (C=O) groups is 1. The van der Waals surface area contributed by atoms with Gasteiger partial charge in [0.1, 0.15) is 5.75 Å². The summed E-state index contributed by atoms with van der Waals surface area (Å²) >= 11 is 0.